The van der Waals surface area contributed by atoms with Gasteiger partial charge >= 0.3 is 0 Å². The summed E-state index contributed by atoms with van der Waals surface area (Å²) < 4.78 is 7.07. The number of fused-ring (bicyclic) bond motifs is 19. The Bertz CT molecular complexity index is 3840. The van der Waals surface area contributed by atoms with Crippen LogP contribution in [0.3, 0.4) is 0 Å². The van der Waals surface area contributed by atoms with Crippen LogP contribution in [0.4, 0.5) is 0 Å². The van der Waals surface area contributed by atoms with Gasteiger partial charge in [-0.2, -0.15) is 0 Å². The quantitative estimate of drug-likeness (QED) is 0.167. The second-order valence-corrected chi connectivity index (χ2v) is 16.6. The number of furan rings is 1. The zero-order chi connectivity index (χ0) is 40.5. The molecule has 0 amide bonds. The fourth-order valence-electron chi connectivity index (χ4n) is 10.9. The van der Waals surface area contributed by atoms with E-state index in [1.165, 1.54) is 65.9 Å². The van der Waals surface area contributed by atoms with Crippen LogP contribution in [0.2, 0.25) is 0 Å². The smallest absolute Gasteiger partial charge is 0.164 e. The van der Waals surface area contributed by atoms with E-state index in [1.54, 1.807) is 0 Å². The summed E-state index contributed by atoms with van der Waals surface area (Å²) >= 11 is 0. The van der Waals surface area contributed by atoms with Crippen LogP contribution in [0.1, 0.15) is 22.3 Å². The lowest BCUT2D eigenvalue weighted by atomic mass is 9.70. The number of rotatable bonds is 3. The minimum absolute atomic E-state index is 0.581. The molecule has 0 aliphatic heterocycles. The summed E-state index contributed by atoms with van der Waals surface area (Å²) in [6, 6.07) is 71.8. The Morgan fingerprint density at radius 2 is 0.887 bits per heavy atom. The number of hydrogen-bond donors (Lipinski definition) is 0. The Morgan fingerprint density at radius 1 is 0.339 bits per heavy atom. The molecule has 0 radical (unpaired) electrons. The SMILES string of the molecule is c1ccc(-c2nc(-c3ccc4ccc5c6ccccc6ccc5c4c3)nc(-c3cc4c(c5oc6ccccc6c35)-c3ccccc3C43c4ccccc4-c4ccccc43)n2)cc1. The van der Waals surface area contributed by atoms with Crippen molar-refractivity contribution in [2.75, 3.05) is 0 Å². The van der Waals surface area contributed by atoms with Crippen molar-refractivity contribution in [2.24, 2.45) is 0 Å². The van der Waals surface area contributed by atoms with Crippen LogP contribution in [-0.2, 0) is 5.41 Å². The number of hydrogen-bond acceptors (Lipinski definition) is 4. The number of nitrogens with zero attached hydrogens (tertiary/aromatic N) is 3. The predicted molar refractivity (Wildman–Crippen MR) is 252 cm³/mol. The van der Waals surface area contributed by atoms with Gasteiger partial charge in [-0.25, -0.2) is 15.0 Å². The normalized spacial score (nSPS) is 13.3. The summed E-state index contributed by atoms with van der Waals surface area (Å²) in [5.74, 6) is 1.83. The number of aromatic nitrogens is 3. The molecule has 0 saturated heterocycles. The molecule has 10 aromatic carbocycles. The summed E-state index contributed by atoms with van der Waals surface area (Å²) in [4.78, 5) is 16.1. The molecular weight excluding hydrogens is 755 g/mol. The predicted octanol–water partition coefficient (Wildman–Crippen LogP) is 14.6. The highest BCUT2D eigenvalue weighted by molar-refractivity contribution is 6.19. The van der Waals surface area contributed by atoms with Gasteiger partial charge in [0, 0.05) is 33.0 Å². The third-order valence-electron chi connectivity index (χ3n) is 13.5. The molecule has 14 rings (SSSR count). The van der Waals surface area contributed by atoms with Crippen molar-refractivity contribution in [3.8, 4) is 56.4 Å². The second-order valence-electron chi connectivity index (χ2n) is 16.6. The molecule has 0 saturated carbocycles. The highest BCUT2D eigenvalue weighted by Crippen LogP contribution is 2.64. The van der Waals surface area contributed by atoms with Crippen molar-refractivity contribution in [3.63, 3.8) is 0 Å². The summed E-state index contributed by atoms with van der Waals surface area (Å²) in [6.45, 7) is 0. The summed E-state index contributed by atoms with van der Waals surface area (Å²) in [6.07, 6.45) is 0. The summed E-state index contributed by atoms with van der Waals surface area (Å²) in [5, 5.41) is 9.25. The molecule has 0 unspecified atom stereocenters. The van der Waals surface area contributed by atoms with E-state index in [2.05, 4.69) is 176 Å². The lowest BCUT2D eigenvalue weighted by molar-refractivity contribution is 0.669. The minimum atomic E-state index is -0.581. The van der Waals surface area contributed by atoms with E-state index in [0.29, 0.717) is 17.5 Å². The zero-order valence-electron chi connectivity index (χ0n) is 33.3. The Labute approximate surface area is 356 Å². The van der Waals surface area contributed by atoms with E-state index in [-0.39, 0.29) is 0 Å². The van der Waals surface area contributed by atoms with E-state index in [9.17, 15) is 0 Å². The van der Waals surface area contributed by atoms with Gasteiger partial charge in [0.05, 0.1) is 5.41 Å². The van der Waals surface area contributed by atoms with Crippen LogP contribution in [0.15, 0.2) is 205 Å². The highest BCUT2D eigenvalue weighted by Gasteiger charge is 2.52. The maximum atomic E-state index is 7.07. The van der Waals surface area contributed by atoms with E-state index in [1.807, 2.05) is 24.3 Å². The zero-order valence-corrected chi connectivity index (χ0v) is 33.3. The van der Waals surface area contributed by atoms with E-state index in [0.717, 1.165) is 49.6 Å². The van der Waals surface area contributed by atoms with E-state index < -0.39 is 5.41 Å². The lowest BCUT2D eigenvalue weighted by Crippen LogP contribution is -2.25. The first-order chi connectivity index (χ1) is 30.7. The van der Waals surface area contributed by atoms with Crippen LogP contribution in [0, 0.1) is 0 Å². The monoisotopic (exact) mass is 787 g/mol. The van der Waals surface area contributed by atoms with Gasteiger partial charge in [-0.1, -0.05) is 182 Å². The number of para-hydroxylation sites is 1. The molecule has 0 atom stereocenters. The Hall–Kier alpha value is -8.21. The van der Waals surface area contributed by atoms with Gasteiger partial charge in [-0.3, -0.25) is 0 Å². The molecule has 12 aromatic rings. The van der Waals surface area contributed by atoms with Gasteiger partial charge in [0.15, 0.2) is 17.5 Å². The fourth-order valence-corrected chi connectivity index (χ4v) is 10.9. The molecule has 2 aliphatic rings. The first-order valence-corrected chi connectivity index (χ1v) is 21.2. The molecule has 2 aliphatic carbocycles. The van der Waals surface area contributed by atoms with Crippen LogP contribution in [-0.4, -0.2) is 15.0 Å². The first-order valence-electron chi connectivity index (χ1n) is 21.2. The van der Waals surface area contributed by atoms with Crippen molar-refractivity contribution in [1.29, 1.82) is 0 Å². The molecule has 0 bridgehead atoms. The van der Waals surface area contributed by atoms with Crippen LogP contribution < -0.4 is 0 Å². The molecule has 4 heteroatoms. The second kappa shape index (κ2) is 12.4. The molecule has 286 valence electrons. The lowest BCUT2D eigenvalue weighted by Gasteiger charge is -2.30. The largest absolute Gasteiger partial charge is 0.455 e. The van der Waals surface area contributed by atoms with E-state index >= 15 is 0 Å². The Kier molecular flexibility index (Phi) is 6.73. The molecule has 0 N–H and O–H groups in total. The standard InChI is InChI=1S/C58H33N3O/c1-2-15-36(16-3-1)55-59-56(37-27-26-35-29-30-39-38-17-5-4-14-34(38)28-31-40(39)45(35)32-37)61-57(60-55)46-33-50-53(54-52(46)44-21-9-13-25-51(44)62-54)43-20-8-12-24-49(43)58(50)47-22-10-6-18-41(47)42-19-7-11-23-48(42)58/h1-33H. The molecule has 1 spiro atoms. The third kappa shape index (κ3) is 4.42. The van der Waals surface area contributed by atoms with Crippen molar-refractivity contribution in [3.05, 3.63) is 222 Å². The van der Waals surface area contributed by atoms with Gasteiger partial charge in [0.2, 0.25) is 0 Å². The van der Waals surface area contributed by atoms with Crippen molar-refractivity contribution in [2.45, 2.75) is 5.41 Å². The molecule has 62 heavy (non-hydrogen) atoms. The Morgan fingerprint density at radius 3 is 1.65 bits per heavy atom. The molecule has 2 aromatic heterocycles. The van der Waals surface area contributed by atoms with Gasteiger partial charge in [-0.05, 0) is 89.5 Å². The molecule has 2 heterocycles. The fraction of sp³-hybridized carbons (Fsp3) is 0.0172. The van der Waals surface area contributed by atoms with Crippen molar-refractivity contribution < 1.29 is 4.42 Å². The summed E-state index contributed by atoms with van der Waals surface area (Å²) in [5.41, 5.74) is 13.6. The minimum Gasteiger partial charge on any atom is -0.455 e. The first kappa shape index (κ1) is 33.6. The average Bonchev–Trinajstić information content (AvgIpc) is 3.98. The molecular formula is C58H33N3O. The molecule has 4 nitrogen and oxygen atoms in total. The maximum Gasteiger partial charge on any atom is 0.164 e. The van der Waals surface area contributed by atoms with Crippen LogP contribution in [0.25, 0.3) is 111 Å². The number of benzene rings is 10. The van der Waals surface area contributed by atoms with Crippen molar-refractivity contribution in [1.82, 2.24) is 15.0 Å². The van der Waals surface area contributed by atoms with Crippen LogP contribution >= 0.6 is 0 Å². The van der Waals surface area contributed by atoms with Gasteiger partial charge in [0.1, 0.15) is 11.2 Å². The highest BCUT2D eigenvalue weighted by atomic mass is 16.3. The Balaban J connectivity index is 1.09. The average molecular weight is 788 g/mol. The van der Waals surface area contributed by atoms with E-state index in [4.69, 9.17) is 19.4 Å². The third-order valence-corrected chi connectivity index (χ3v) is 13.5. The van der Waals surface area contributed by atoms with Gasteiger partial charge in [0.25, 0.3) is 0 Å². The summed E-state index contributed by atoms with van der Waals surface area (Å²) in [7, 11) is 0. The van der Waals surface area contributed by atoms with Crippen LogP contribution in [0.5, 0.6) is 0 Å². The topological polar surface area (TPSA) is 51.8 Å². The van der Waals surface area contributed by atoms with Gasteiger partial charge < -0.3 is 4.42 Å². The maximum absolute atomic E-state index is 7.07. The molecule has 0 fully saturated rings. The van der Waals surface area contributed by atoms with Gasteiger partial charge in [-0.15, -0.1) is 0 Å². The van der Waals surface area contributed by atoms with Crippen molar-refractivity contribution >= 4 is 54.3 Å².